The van der Waals surface area contributed by atoms with E-state index < -0.39 is 17.8 Å². The van der Waals surface area contributed by atoms with Crippen molar-refractivity contribution >= 4 is 23.5 Å². The fourth-order valence-electron chi connectivity index (χ4n) is 4.20. The van der Waals surface area contributed by atoms with Crippen LogP contribution in [-0.4, -0.2) is 17.5 Å². The Labute approximate surface area is 152 Å². The predicted molar refractivity (Wildman–Crippen MR) is 109 cm³/mol. The van der Waals surface area contributed by atoms with Gasteiger partial charge in [0, 0.05) is 18.4 Å². The van der Waals surface area contributed by atoms with Crippen molar-refractivity contribution in [2.45, 2.75) is 61.0 Å². The van der Waals surface area contributed by atoms with E-state index in [4.69, 9.17) is 4.36 Å². The average Bonchev–Trinajstić information content (AvgIpc) is 3.33. The van der Waals surface area contributed by atoms with Gasteiger partial charge in [0.15, 0.2) is 0 Å². The van der Waals surface area contributed by atoms with Gasteiger partial charge in [-0.2, -0.15) is 4.36 Å². The number of fused-ring (bicyclic) bond motifs is 2. The van der Waals surface area contributed by atoms with Gasteiger partial charge in [0.1, 0.15) is 0 Å². The fourth-order valence-corrected chi connectivity index (χ4v) is 10.6. The molecule has 1 spiro atoms. The molecule has 1 aliphatic heterocycles. The van der Waals surface area contributed by atoms with Crippen LogP contribution in [0.2, 0.25) is 25.7 Å². The molecule has 0 saturated heterocycles. The van der Waals surface area contributed by atoms with Gasteiger partial charge in [-0.25, -0.2) is 4.21 Å². The van der Waals surface area contributed by atoms with Crippen molar-refractivity contribution < 1.29 is 4.21 Å². The van der Waals surface area contributed by atoms with Crippen LogP contribution in [0.1, 0.15) is 24.0 Å². The Kier molecular flexibility index (Phi) is 3.78. The van der Waals surface area contributed by atoms with E-state index in [9.17, 15) is 4.21 Å². The molecule has 132 valence electrons. The number of aryl methyl sites for hydroxylation is 1. The van der Waals surface area contributed by atoms with Gasteiger partial charge in [-0.3, -0.25) is 0 Å². The number of rotatable bonds is 3. The lowest BCUT2D eigenvalue weighted by Gasteiger charge is -2.38. The van der Waals surface area contributed by atoms with E-state index in [1.807, 2.05) is 24.3 Å². The van der Waals surface area contributed by atoms with E-state index >= 15 is 0 Å². The highest BCUT2D eigenvalue weighted by Gasteiger charge is 2.58. The first kappa shape index (κ1) is 17.0. The molecule has 1 heterocycles. The van der Waals surface area contributed by atoms with Crippen molar-refractivity contribution in [1.82, 2.24) is 0 Å². The molecule has 2 nitrogen and oxygen atoms in total. The third-order valence-corrected chi connectivity index (χ3v) is 10.4. The lowest BCUT2D eigenvalue weighted by atomic mass is 9.91. The molecule has 1 saturated carbocycles. The van der Waals surface area contributed by atoms with Crippen LogP contribution in [-0.2, 0) is 15.1 Å². The Morgan fingerprint density at radius 2 is 1.72 bits per heavy atom. The maximum absolute atomic E-state index is 14.4. The molecule has 1 fully saturated rings. The Bertz CT molecular complexity index is 929. The van der Waals surface area contributed by atoms with E-state index in [0.717, 1.165) is 29.5 Å². The number of hydrogen-bond donors (Lipinski definition) is 0. The number of hydrogen-bond acceptors (Lipinski definition) is 2. The van der Waals surface area contributed by atoms with E-state index in [1.54, 1.807) is 0 Å². The van der Waals surface area contributed by atoms with E-state index in [2.05, 4.69) is 50.8 Å². The lowest BCUT2D eigenvalue weighted by Crippen LogP contribution is -2.42. The third kappa shape index (κ3) is 2.79. The monoisotopic (exact) mass is 369 g/mol. The Morgan fingerprint density at radius 1 is 1.08 bits per heavy atom. The molecule has 2 atom stereocenters. The highest BCUT2D eigenvalue weighted by Crippen LogP contribution is 2.61. The smallest absolute Gasteiger partial charge is 0.0835 e. The first-order chi connectivity index (χ1) is 11.7. The first-order valence-electron chi connectivity index (χ1n) is 9.17. The van der Waals surface area contributed by atoms with Gasteiger partial charge in [-0.05, 0) is 49.6 Å². The standard InChI is InChI=1S/C21H27NOSSi/c1-16-9-11-17(12-10-16)24(23)20(15-25(2,3)4)21(13-14-21)18-7-5-6-8-19(18)22-24/h5-12,20H,13-15H2,1-4H3. The summed E-state index contributed by atoms with van der Waals surface area (Å²) in [5.74, 6) is 0. The summed E-state index contributed by atoms with van der Waals surface area (Å²) < 4.78 is 19.3. The maximum Gasteiger partial charge on any atom is 0.0835 e. The van der Waals surface area contributed by atoms with E-state index in [0.29, 0.717) is 0 Å². The normalized spacial score (nSPS) is 26.8. The molecule has 2 aromatic carbocycles. The van der Waals surface area contributed by atoms with Gasteiger partial charge in [-0.15, -0.1) is 0 Å². The van der Waals surface area contributed by atoms with Crippen molar-refractivity contribution in [2.24, 2.45) is 4.36 Å². The van der Waals surface area contributed by atoms with Crippen LogP contribution >= 0.6 is 0 Å². The van der Waals surface area contributed by atoms with Gasteiger partial charge < -0.3 is 0 Å². The molecule has 0 aromatic heterocycles. The maximum atomic E-state index is 14.4. The number of nitrogens with zero attached hydrogens (tertiary/aromatic N) is 1. The highest BCUT2D eigenvalue weighted by atomic mass is 32.2. The van der Waals surface area contributed by atoms with Crippen LogP contribution in [0.15, 0.2) is 57.8 Å². The molecule has 2 aliphatic rings. The molecular formula is C21H27NOSSi. The Balaban J connectivity index is 1.97. The molecule has 4 rings (SSSR count). The molecule has 2 unspecified atom stereocenters. The molecule has 25 heavy (non-hydrogen) atoms. The van der Waals surface area contributed by atoms with Crippen LogP contribution < -0.4 is 0 Å². The van der Waals surface area contributed by atoms with Crippen molar-refractivity contribution in [3.63, 3.8) is 0 Å². The van der Waals surface area contributed by atoms with Crippen LogP contribution in [0, 0.1) is 6.92 Å². The minimum atomic E-state index is -2.46. The van der Waals surface area contributed by atoms with Gasteiger partial charge in [-0.1, -0.05) is 55.5 Å². The zero-order valence-corrected chi connectivity index (χ0v) is 17.4. The zero-order valence-electron chi connectivity index (χ0n) is 15.6. The van der Waals surface area contributed by atoms with Gasteiger partial charge in [0.2, 0.25) is 0 Å². The second-order valence-corrected chi connectivity index (χ2v) is 16.8. The van der Waals surface area contributed by atoms with Gasteiger partial charge in [0.25, 0.3) is 0 Å². The summed E-state index contributed by atoms with van der Waals surface area (Å²) >= 11 is 0. The fraction of sp³-hybridized carbons (Fsp3) is 0.429. The average molecular weight is 370 g/mol. The van der Waals surface area contributed by atoms with Crippen molar-refractivity contribution in [3.8, 4) is 0 Å². The highest BCUT2D eigenvalue weighted by molar-refractivity contribution is 7.94. The molecule has 1 aliphatic carbocycles. The third-order valence-electron chi connectivity index (χ3n) is 5.62. The summed E-state index contributed by atoms with van der Waals surface area (Å²) in [7, 11) is -3.84. The van der Waals surface area contributed by atoms with Crippen LogP contribution in [0.5, 0.6) is 0 Å². The summed E-state index contributed by atoms with van der Waals surface area (Å²) in [5.41, 5.74) is 3.58. The molecule has 4 heteroatoms. The Morgan fingerprint density at radius 3 is 2.32 bits per heavy atom. The molecular weight excluding hydrogens is 342 g/mol. The van der Waals surface area contributed by atoms with Crippen molar-refractivity contribution in [3.05, 3.63) is 59.7 Å². The molecule has 0 amide bonds. The SMILES string of the molecule is Cc1ccc(S2(=O)=Nc3ccccc3C3(CC3)C2C[Si](C)(C)C)cc1. The topological polar surface area (TPSA) is 29.4 Å². The van der Waals surface area contributed by atoms with E-state index in [-0.39, 0.29) is 10.7 Å². The minimum absolute atomic E-state index is 0.0839. The molecule has 0 N–H and O–H groups in total. The molecule has 0 radical (unpaired) electrons. The second-order valence-electron chi connectivity index (χ2n) is 8.90. The summed E-state index contributed by atoms with van der Waals surface area (Å²) in [6, 6.07) is 17.7. The van der Waals surface area contributed by atoms with Crippen LogP contribution in [0.3, 0.4) is 0 Å². The summed E-state index contributed by atoms with van der Waals surface area (Å²) in [6.07, 6.45) is 2.30. The second kappa shape index (κ2) is 5.55. The Hall–Kier alpha value is -1.39. The molecule has 0 bridgehead atoms. The van der Waals surface area contributed by atoms with Gasteiger partial charge >= 0.3 is 0 Å². The predicted octanol–water partition coefficient (Wildman–Crippen LogP) is 5.91. The summed E-state index contributed by atoms with van der Waals surface area (Å²) in [4.78, 5) is 0.919. The summed E-state index contributed by atoms with van der Waals surface area (Å²) in [6.45, 7) is 9.24. The van der Waals surface area contributed by atoms with Gasteiger partial charge in [0.05, 0.1) is 20.7 Å². The summed E-state index contributed by atoms with van der Waals surface area (Å²) in [5, 5.41) is 0.143. The zero-order chi connectivity index (χ0) is 17.9. The largest absolute Gasteiger partial charge is 0.244 e. The minimum Gasteiger partial charge on any atom is -0.244 e. The molecule has 2 aromatic rings. The quantitative estimate of drug-likeness (QED) is 0.619. The van der Waals surface area contributed by atoms with Crippen molar-refractivity contribution in [1.29, 1.82) is 0 Å². The van der Waals surface area contributed by atoms with E-state index in [1.165, 1.54) is 11.1 Å². The lowest BCUT2D eigenvalue weighted by molar-refractivity contribution is 0.610. The van der Waals surface area contributed by atoms with Crippen LogP contribution in [0.25, 0.3) is 0 Å². The first-order valence-corrected chi connectivity index (χ1v) is 14.5. The van der Waals surface area contributed by atoms with Crippen LogP contribution in [0.4, 0.5) is 5.69 Å². The van der Waals surface area contributed by atoms with Crippen molar-refractivity contribution in [2.75, 3.05) is 0 Å². The number of benzene rings is 2.